The molecule has 0 bridgehead atoms. The molecule has 146 valence electrons. The molecule has 0 spiro atoms. The number of rotatable bonds is 6. The van der Waals surface area contributed by atoms with Crippen molar-refractivity contribution in [3.05, 3.63) is 60.7 Å². The van der Waals surface area contributed by atoms with Crippen molar-refractivity contribution in [2.75, 3.05) is 6.61 Å². The zero-order chi connectivity index (χ0) is 20.2. The van der Waals surface area contributed by atoms with Crippen LogP contribution in [-0.4, -0.2) is 38.0 Å². The maximum absolute atomic E-state index is 10.7. The first kappa shape index (κ1) is 20.3. The van der Waals surface area contributed by atoms with E-state index in [1.54, 1.807) is 0 Å². The maximum atomic E-state index is 10.7. The summed E-state index contributed by atoms with van der Waals surface area (Å²) in [5, 5.41) is 16.8. The first-order valence-corrected chi connectivity index (χ1v) is 11.4. The van der Waals surface area contributed by atoms with E-state index >= 15 is 0 Å². The molecule has 0 amide bonds. The third-order valence-electron chi connectivity index (χ3n) is 5.18. The van der Waals surface area contributed by atoms with E-state index in [1.165, 1.54) is 10.4 Å². The van der Waals surface area contributed by atoms with E-state index in [-0.39, 0.29) is 11.6 Å². The summed E-state index contributed by atoms with van der Waals surface area (Å²) in [4.78, 5) is 5.31. The van der Waals surface area contributed by atoms with Gasteiger partial charge in [-0.25, -0.2) is 0 Å². The lowest BCUT2D eigenvalue weighted by atomic mass is 10.1. The number of hydrogen-bond donors (Lipinski definition) is 1. The summed E-state index contributed by atoms with van der Waals surface area (Å²) in [6, 6.07) is 20.7. The molecule has 5 heteroatoms. The highest BCUT2D eigenvalue weighted by atomic mass is 28.4. The predicted molar refractivity (Wildman–Crippen MR) is 115 cm³/mol. The Morgan fingerprint density at radius 1 is 1.14 bits per heavy atom. The highest BCUT2D eigenvalue weighted by molar-refractivity contribution is 6.99. The number of aliphatic hydroxyl groups excluding tert-OH is 1. The number of aliphatic hydroxyl groups is 1. The summed E-state index contributed by atoms with van der Waals surface area (Å²) in [7, 11) is -2.68. The van der Waals surface area contributed by atoms with Crippen LogP contribution in [0.3, 0.4) is 0 Å². The zero-order valence-corrected chi connectivity index (χ0v) is 17.6. The van der Waals surface area contributed by atoms with E-state index in [9.17, 15) is 5.11 Å². The molecule has 1 aliphatic rings. The first-order valence-electron chi connectivity index (χ1n) is 9.51. The van der Waals surface area contributed by atoms with Crippen LogP contribution in [0.15, 0.2) is 65.8 Å². The fourth-order valence-electron chi connectivity index (χ4n) is 3.77. The van der Waals surface area contributed by atoms with Crippen molar-refractivity contribution in [1.82, 2.24) is 0 Å². The van der Waals surface area contributed by atoms with Crippen LogP contribution in [0.4, 0.5) is 0 Å². The van der Waals surface area contributed by atoms with E-state index < -0.39 is 20.5 Å². The Labute approximate surface area is 168 Å². The van der Waals surface area contributed by atoms with E-state index in [0.717, 1.165) is 0 Å². The predicted octanol–water partition coefficient (Wildman–Crippen LogP) is 2.70. The molecule has 1 aliphatic heterocycles. The number of nitrogens with zero attached hydrogens (tertiary/aromatic N) is 1. The van der Waals surface area contributed by atoms with Crippen molar-refractivity contribution >= 4 is 24.4 Å². The molecule has 4 nitrogen and oxygen atoms in total. The summed E-state index contributed by atoms with van der Waals surface area (Å²) >= 11 is 0. The quantitative estimate of drug-likeness (QED) is 0.606. The minimum absolute atomic E-state index is 0.146. The maximum Gasteiger partial charge on any atom is 0.261 e. The second kappa shape index (κ2) is 8.32. The number of terminal acetylenes is 1. The van der Waals surface area contributed by atoms with Gasteiger partial charge in [0.15, 0.2) is 6.10 Å². The van der Waals surface area contributed by atoms with Crippen LogP contribution in [0.25, 0.3) is 0 Å². The fraction of sp³-hybridized carbons (Fsp3) is 0.348. The van der Waals surface area contributed by atoms with Crippen molar-refractivity contribution in [2.45, 2.75) is 44.4 Å². The van der Waals surface area contributed by atoms with Gasteiger partial charge in [-0.05, 0) is 15.4 Å². The average molecular weight is 394 g/mol. The Bertz CT molecular complexity index is 813. The van der Waals surface area contributed by atoms with Crippen molar-refractivity contribution in [2.24, 2.45) is 5.16 Å². The van der Waals surface area contributed by atoms with Gasteiger partial charge in [0.2, 0.25) is 0 Å². The largest absolute Gasteiger partial charge is 0.405 e. The monoisotopic (exact) mass is 393 g/mol. The molecule has 0 aliphatic carbocycles. The molecule has 2 aromatic carbocycles. The molecule has 2 aromatic rings. The molecule has 3 rings (SSSR count). The van der Waals surface area contributed by atoms with Crippen molar-refractivity contribution in [3.63, 3.8) is 0 Å². The lowest BCUT2D eigenvalue weighted by molar-refractivity contribution is -0.0376. The highest BCUT2D eigenvalue weighted by Gasteiger charge is 2.50. The van der Waals surface area contributed by atoms with Gasteiger partial charge in [-0.2, -0.15) is 0 Å². The molecular weight excluding hydrogens is 366 g/mol. The standard InChI is InChI=1S/C23H27NO3Si/c1-5-18-16-22(27-24-18)21(25)17-26-28(23(2,3)4,19-12-8-6-9-13-19)20-14-10-7-11-15-20/h1,6-15,21-22,25H,16-17H2,2-4H3/t21-,22?/m1/s1. The minimum atomic E-state index is -2.68. The smallest absolute Gasteiger partial charge is 0.261 e. The van der Waals surface area contributed by atoms with E-state index in [4.69, 9.17) is 15.7 Å². The summed E-state index contributed by atoms with van der Waals surface area (Å²) in [5.41, 5.74) is 0.523. The summed E-state index contributed by atoms with van der Waals surface area (Å²) < 4.78 is 6.72. The molecule has 0 saturated heterocycles. The lowest BCUT2D eigenvalue weighted by Gasteiger charge is -2.43. The molecule has 0 saturated carbocycles. The first-order chi connectivity index (χ1) is 13.4. The summed E-state index contributed by atoms with van der Waals surface area (Å²) in [6.45, 7) is 6.77. The Morgan fingerprint density at radius 2 is 1.68 bits per heavy atom. The third kappa shape index (κ3) is 3.90. The van der Waals surface area contributed by atoms with E-state index in [0.29, 0.717) is 12.1 Å². The van der Waals surface area contributed by atoms with Gasteiger partial charge < -0.3 is 14.4 Å². The molecule has 1 N–H and O–H groups in total. The molecule has 0 aromatic heterocycles. The second-order valence-electron chi connectivity index (χ2n) is 8.07. The molecule has 1 heterocycles. The Morgan fingerprint density at radius 3 is 2.11 bits per heavy atom. The molecular formula is C23H27NO3Si. The third-order valence-corrected chi connectivity index (χ3v) is 10.2. The van der Waals surface area contributed by atoms with Gasteiger partial charge in [-0.1, -0.05) is 92.5 Å². The van der Waals surface area contributed by atoms with Gasteiger partial charge in [0.1, 0.15) is 11.8 Å². The number of hydrogen-bond acceptors (Lipinski definition) is 4. The van der Waals surface area contributed by atoms with Gasteiger partial charge in [0.25, 0.3) is 8.32 Å². The van der Waals surface area contributed by atoms with Crippen molar-refractivity contribution < 1.29 is 14.4 Å². The van der Waals surface area contributed by atoms with Crippen LogP contribution in [0.2, 0.25) is 5.04 Å². The molecule has 2 atom stereocenters. The summed E-state index contributed by atoms with van der Waals surface area (Å²) in [6.07, 6.45) is 4.54. The van der Waals surface area contributed by atoms with Crippen LogP contribution in [0, 0.1) is 12.3 Å². The van der Waals surface area contributed by atoms with Crippen LogP contribution in [0.5, 0.6) is 0 Å². The number of benzene rings is 2. The van der Waals surface area contributed by atoms with Crippen LogP contribution < -0.4 is 10.4 Å². The van der Waals surface area contributed by atoms with E-state index in [2.05, 4.69) is 56.1 Å². The SMILES string of the molecule is C#CC1=NOC([C@H](O)CO[Si](c2ccccc2)(c2ccccc2)C(C)(C)C)C1. The van der Waals surface area contributed by atoms with E-state index in [1.807, 2.05) is 36.4 Å². The second-order valence-corrected chi connectivity index (χ2v) is 12.4. The van der Waals surface area contributed by atoms with Gasteiger partial charge in [-0.15, -0.1) is 6.42 Å². The Hall–Kier alpha value is -2.39. The van der Waals surface area contributed by atoms with Crippen LogP contribution in [-0.2, 0) is 9.26 Å². The van der Waals surface area contributed by atoms with Crippen LogP contribution in [0.1, 0.15) is 27.2 Å². The Balaban J connectivity index is 1.94. The van der Waals surface area contributed by atoms with Crippen molar-refractivity contribution in [1.29, 1.82) is 0 Å². The van der Waals surface area contributed by atoms with Gasteiger partial charge in [0, 0.05) is 6.42 Å². The topological polar surface area (TPSA) is 51.0 Å². The molecule has 1 unspecified atom stereocenters. The van der Waals surface area contributed by atoms with Crippen molar-refractivity contribution in [3.8, 4) is 12.3 Å². The van der Waals surface area contributed by atoms with Gasteiger partial charge >= 0.3 is 0 Å². The van der Waals surface area contributed by atoms with Crippen LogP contribution >= 0.6 is 0 Å². The minimum Gasteiger partial charge on any atom is -0.405 e. The summed E-state index contributed by atoms with van der Waals surface area (Å²) in [5.74, 6) is 2.48. The molecule has 28 heavy (non-hydrogen) atoms. The van der Waals surface area contributed by atoms with Gasteiger partial charge in [-0.3, -0.25) is 0 Å². The fourth-order valence-corrected chi connectivity index (χ4v) is 8.34. The Kier molecular flexibility index (Phi) is 6.04. The zero-order valence-electron chi connectivity index (χ0n) is 16.6. The molecule has 0 radical (unpaired) electrons. The van der Waals surface area contributed by atoms with Gasteiger partial charge in [0.05, 0.1) is 6.61 Å². The normalized spacial score (nSPS) is 18.1. The molecule has 0 fully saturated rings. The highest BCUT2D eigenvalue weighted by Crippen LogP contribution is 2.37. The lowest BCUT2D eigenvalue weighted by Crippen LogP contribution is -2.67. The average Bonchev–Trinajstić information content (AvgIpc) is 3.18. The number of oxime groups is 1.